The van der Waals surface area contributed by atoms with Crippen LogP contribution in [0.3, 0.4) is 0 Å². The number of unbranched alkanes of at least 4 members (excludes halogenated alkanes) is 35. The third kappa shape index (κ3) is 49.4. The Kier molecular flexibility index (Phi) is 57.0. The molecule has 0 aromatic carbocycles. The fourth-order valence-electron chi connectivity index (χ4n) is 10.7. The van der Waals surface area contributed by atoms with Crippen LogP contribution in [0.4, 0.5) is 0 Å². The molecule has 1 saturated heterocycles. The molecule has 9 heteroatoms. The molecule has 9 nitrogen and oxygen atoms in total. The van der Waals surface area contributed by atoms with E-state index in [1.54, 1.807) is 0 Å². The fraction of sp³-hybridized carbons (Fsp3) is 0.792. The van der Waals surface area contributed by atoms with Gasteiger partial charge in [-0.25, -0.2) is 0 Å². The van der Waals surface area contributed by atoms with Crippen molar-refractivity contribution >= 4 is 5.91 Å². The van der Waals surface area contributed by atoms with Crippen molar-refractivity contribution < 1.29 is 39.8 Å². The normalized spacial score (nSPS) is 18.9. The molecule has 7 atom stereocenters. The number of rotatable bonds is 59. The second kappa shape index (κ2) is 60.5. The van der Waals surface area contributed by atoms with Gasteiger partial charge in [0, 0.05) is 6.42 Å². The lowest BCUT2D eigenvalue weighted by atomic mass is 9.99. The van der Waals surface area contributed by atoms with E-state index in [-0.39, 0.29) is 12.5 Å². The maximum atomic E-state index is 13.1. The van der Waals surface area contributed by atoms with E-state index in [4.69, 9.17) is 9.47 Å². The number of aliphatic hydroxyl groups is 5. The number of amides is 1. The molecule has 0 aromatic heterocycles. The average Bonchev–Trinajstić information content (AvgIpc) is 3.49. The van der Waals surface area contributed by atoms with E-state index in [1.807, 2.05) is 0 Å². The highest BCUT2D eigenvalue weighted by molar-refractivity contribution is 5.76. The molecule has 1 heterocycles. The SMILES string of the molecule is CC/C=C\C/C=C\C/C=C\C/C=C\C/C=C\C/C=C\C/C=C\CCCCCC(=O)NC(COC1OC(CO)C(O)C(O)C1O)C(O)CCCCCCCCCCCCCCCCCCCCCCCCCCCCCCCCCCC. The van der Waals surface area contributed by atoms with Crippen molar-refractivity contribution in [2.75, 3.05) is 13.2 Å². The molecule has 1 aliphatic heterocycles. The third-order valence-corrected chi connectivity index (χ3v) is 16.0. The summed E-state index contributed by atoms with van der Waals surface area (Å²) in [6.07, 6.45) is 79.3. The summed E-state index contributed by atoms with van der Waals surface area (Å²) < 4.78 is 11.3. The number of aliphatic hydroxyl groups excluding tert-OH is 5. The Bertz CT molecular complexity index is 1550. The Morgan fingerprint density at radius 3 is 1.12 bits per heavy atom. The van der Waals surface area contributed by atoms with Crippen molar-refractivity contribution in [2.45, 2.75) is 352 Å². The van der Waals surface area contributed by atoms with Crippen LogP contribution in [0.2, 0.25) is 0 Å². The Balaban J connectivity index is 2.15. The minimum absolute atomic E-state index is 0.156. The maximum absolute atomic E-state index is 13.1. The molecule has 6 N–H and O–H groups in total. The van der Waals surface area contributed by atoms with E-state index in [0.717, 1.165) is 89.9 Å². The number of allylic oxidation sites excluding steroid dienone is 14. The Morgan fingerprint density at radius 2 is 0.765 bits per heavy atom. The summed E-state index contributed by atoms with van der Waals surface area (Å²) in [4.78, 5) is 13.1. The predicted octanol–water partition coefficient (Wildman–Crippen LogP) is 18.5. The van der Waals surface area contributed by atoms with Gasteiger partial charge in [-0.2, -0.15) is 0 Å². The molecule has 81 heavy (non-hydrogen) atoms. The van der Waals surface area contributed by atoms with Crippen LogP contribution in [-0.2, 0) is 14.3 Å². The molecule has 0 spiro atoms. The lowest BCUT2D eigenvalue weighted by Crippen LogP contribution is -2.60. The summed E-state index contributed by atoms with van der Waals surface area (Å²) in [6, 6.07) is -0.745. The van der Waals surface area contributed by atoms with Gasteiger partial charge in [0.05, 0.1) is 25.4 Å². The first kappa shape index (κ1) is 76.4. The van der Waals surface area contributed by atoms with Gasteiger partial charge in [-0.3, -0.25) is 4.79 Å². The lowest BCUT2D eigenvalue weighted by Gasteiger charge is -2.40. The van der Waals surface area contributed by atoms with E-state index >= 15 is 0 Å². The van der Waals surface area contributed by atoms with Crippen molar-refractivity contribution in [2.24, 2.45) is 0 Å². The molecule has 0 aromatic rings. The standard InChI is InChI=1S/C72H129NO8/c1-3-5-7-9-11-13-15-17-19-21-23-25-27-29-30-31-32-33-34-35-36-38-39-41-43-45-47-49-51-53-55-57-59-61-66(75)65(64-80-72-71(79)70(78)69(77)67(63-74)81-72)73-68(76)62-60-58-56-54-52-50-48-46-44-42-40-37-28-26-24-22-20-18-16-14-12-10-8-6-4-2/h6,8,12,14,18,20,24,26,37,40,44,46,50,52,65-67,69-72,74-75,77-79H,3-5,7,9-11,13,15-17,19,21-23,25,27-36,38-39,41-43,45,47-49,51,53-64H2,1-2H3,(H,73,76)/b8-6-,14-12-,20-18-,26-24-,40-37-,46-44-,52-50-. The Labute approximate surface area is 499 Å². The van der Waals surface area contributed by atoms with E-state index in [1.165, 1.54) is 193 Å². The molecule has 0 bridgehead atoms. The number of carbonyl (C=O) groups is 1. The quantitative estimate of drug-likeness (QED) is 0.0261. The highest BCUT2D eigenvalue weighted by Crippen LogP contribution is 2.23. The van der Waals surface area contributed by atoms with Crippen LogP contribution in [0.25, 0.3) is 0 Å². The third-order valence-electron chi connectivity index (χ3n) is 16.0. The van der Waals surface area contributed by atoms with Crippen LogP contribution >= 0.6 is 0 Å². The van der Waals surface area contributed by atoms with Gasteiger partial charge in [-0.05, 0) is 70.6 Å². The van der Waals surface area contributed by atoms with Crippen LogP contribution in [0.5, 0.6) is 0 Å². The van der Waals surface area contributed by atoms with Gasteiger partial charge in [0.1, 0.15) is 24.4 Å². The number of ether oxygens (including phenoxy) is 2. The lowest BCUT2D eigenvalue weighted by molar-refractivity contribution is -0.302. The first-order chi connectivity index (χ1) is 39.8. The molecule has 1 aliphatic rings. The van der Waals surface area contributed by atoms with Crippen molar-refractivity contribution in [3.63, 3.8) is 0 Å². The summed E-state index contributed by atoms with van der Waals surface area (Å²) in [7, 11) is 0. The van der Waals surface area contributed by atoms with E-state index < -0.39 is 49.5 Å². The van der Waals surface area contributed by atoms with Crippen LogP contribution in [-0.4, -0.2) is 87.5 Å². The number of nitrogens with one attached hydrogen (secondary N) is 1. The monoisotopic (exact) mass is 1140 g/mol. The zero-order valence-electron chi connectivity index (χ0n) is 52.5. The fourth-order valence-corrected chi connectivity index (χ4v) is 10.7. The largest absolute Gasteiger partial charge is 0.394 e. The predicted molar refractivity (Wildman–Crippen MR) is 345 cm³/mol. The van der Waals surface area contributed by atoms with Gasteiger partial charge >= 0.3 is 0 Å². The van der Waals surface area contributed by atoms with Gasteiger partial charge in [0.25, 0.3) is 0 Å². The van der Waals surface area contributed by atoms with Crippen LogP contribution in [0.15, 0.2) is 85.1 Å². The molecular weight excluding hydrogens is 1010 g/mol. The van der Waals surface area contributed by atoms with Crippen molar-refractivity contribution in [3.8, 4) is 0 Å². The van der Waals surface area contributed by atoms with Gasteiger partial charge < -0.3 is 40.3 Å². The first-order valence-corrected chi connectivity index (χ1v) is 34.3. The number of carbonyl (C=O) groups excluding carboxylic acids is 1. The van der Waals surface area contributed by atoms with Crippen molar-refractivity contribution in [1.82, 2.24) is 5.32 Å². The van der Waals surface area contributed by atoms with Crippen LogP contribution in [0, 0.1) is 0 Å². The summed E-state index contributed by atoms with van der Waals surface area (Å²) in [6.45, 7) is 3.73. The van der Waals surface area contributed by atoms with Gasteiger partial charge in [0.2, 0.25) is 5.91 Å². The van der Waals surface area contributed by atoms with E-state index in [2.05, 4.69) is 104 Å². The Morgan fingerprint density at radius 1 is 0.432 bits per heavy atom. The zero-order valence-corrected chi connectivity index (χ0v) is 52.5. The van der Waals surface area contributed by atoms with Gasteiger partial charge in [0.15, 0.2) is 6.29 Å². The van der Waals surface area contributed by atoms with Gasteiger partial charge in [-0.15, -0.1) is 0 Å². The summed E-state index contributed by atoms with van der Waals surface area (Å²) in [5, 5.41) is 54.9. The topological polar surface area (TPSA) is 149 Å². The summed E-state index contributed by atoms with van der Waals surface area (Å²) >= 11 is 0. The summed E-state index contributed by atoms with van der Waals surface area (Å²) in [5.41, 5.74) is 0. The first-order valence-electron chi connectivity index (χ1n) is 34.3. The minimum atomic E-state index is -1.57. The second-order valence-electron chi connectivity index (χ2n) is 23.6. The van der Waals surface area contributed by atoms with Crippen molar-refractivity contribution in [3.05, 3.63) is 85.1 Å². The number of hydrogen-bond acceptors (Lipinski definition) is 8. The number of hydrogen-bond donors (Lipinski definition) is 6. The average molecular weight is 1140 g/mol. The molecule has 470 valence electrons. The second-order valence-corrected chi connectivity index (χ2v) is 23.6. The molecule has 0 radical (unpaired) electrons. The highest BCUT2D eigenvalue weighted by atomic mass is 16.7. The minimum Gasteiger partial charge on any atom is -0.394 e. The van der Waals surface area contributed by atoms with Crippen LogP contribution < -0.4 is 5.32 Å². The zero-order chi connectivity index (χ0) is 58.6. The molecule has 0 saturated carbocycles. The smallest absolute Gasteiger partial charge is 0.220 e. The van der Waals surface area contributed by atoms with Crippen LogP contribution in [0.1, 0.15) is 309 Å². The Hall–Kier alpha value is -2.63. The highest BCUT2D eigenvalue weighted by Gasteiger charge is 2.44. The molecule has 1 rings (SSSR count). The van der Waals surface area contributed by atoms with E-state index in [0.29, 0.717) is 12.8 Å². The summed E-state index contributed by atoms with van der Waals surface area (Å²) in [5.74, 6) is -0.175. The van der Waals surface area contributed by atoms with Crippen molar-refractivity contribution in [1.29, 1.82) is 0 Å². The maximum Gasteiger partial charge on any atom is 0.220 e. The molecule has 1 amide bonds. The molecule has 1 fully saturated rings. The molecular formula is C72H129NO8. The molecule has 0 aliphatic carbocycles. The van der Waals surface area contributed by atoms with Gasteiger partial charge in [-0.1, -0.05) is 317 Å². The molecule has 7 unspecified atom stereocenters. The van der Waals surface area contributed by atoms with E-state index in [9.17, 15) is 30.3 Å².